The lowest BCUT2D eigenvalue weighted by molar-refractivity contribution is 0.156. The van der Waals surface area contributed by atoms with Gasteiger partial charge in [-0.2, -0.15) is 0 Å². The first-order valence-electron chi connectivity index (χ1n) is 6.81. The van der Waals surface area contributed by atoms with Crippen LogP contribution in [0.15, 0.2) is 0 Å². The van der Waals surface area contributed by atoms with Gasteiger partial charge in [-0.1, -0.05) is 62.3 Å². The summed E-state index contributed by atoms with van der Waals surface area (Å²) in [5.74, 6) is 0.831. The van der Waals surface area contributed by atoms with Gasteiger partial charge >= 0.3 is 0 Å². The summed E-state index contributed by atoms with van der Waals surface area (Å²) in [6, 6.07) is 0. The normalized spacial score (nSPS) is 16.3. The zero-order valence-electron chi connectivity index (χ0n) is 13.2. The Kier molecular flexibility index (Phi) is 5.10. The minimum Gasteiger partial charge on any atom is -0.0625 e. The van der Waals surface area contributed by atoms with Gasteiger partial charge in [0.25, 0.3) is 0 Å². The standard InChI is InChI=1S/C16H34/c1-13(10-14(2,3)4)11-16(8,9)12-15(5,6)7/h13H,10-12H2,1-9H3. The molecular formula is C16H34. The van der Waals surface area contributed by atoms with E-state index in [0.717, 1.165) is 5.92 Å². The van der Waals surface area contributed by atoms with Crippen molar-refractivity contribution in [3.63, 3.8) is 0 Å². The summed E-state index contributed by atoms with van der Waals surface area (Å²) in [5, 5.41) is 0. The molecule has 0 amide bonds. The number of rotatable bonds is 4. The zero-order chi connectivity index (χ0) is 13.2. The summed E-state index contributed by atoms with van der Waals surface area (Å²) in [6.45, 7) is 21.4. The van der Waals surface area contributed by atoms with Crippen LogP contribution in [0.5, 0.6) is 0 Å². The van der Waals surface area contributed by atoms with Gasteiger partial charge in [-0.3, -0.25) is 0 Å². The fourth-order valence-electron chi connectivity index (χ4n) is 3.57. The number of hydrogen-bond donors (Lipinski definition) is 0. The average molecular weight is 226 g/mol. The average Bonchev–Trinajstić information content (AvgIpc) is 1.70. The van der Waals surface area contributed by atoms with Crippen LogP contribution in [0, 0.1) is 22.2 Å². The summed E-state index contributed by atoms with van der Waals surface area (Å²) in [7, 11) is 0. The van der Waals surface area contributed by atoms with Crippen LogP contribution in [0.2, 0.25) is 0 Å². The zero-order valence-corrected chi connectivity index (χ0v) is 13.2. The molecule has 0 aromatic carbocycles. The first-order valence-corrected chi connectivity index (χ1v) is 6.81. The topological polar surface area (TPSA) is 0 Å². The van der Waals surface area contributed by atoms with Gasteiger partial charge in [0.2, 0.25) is 0 Å². The van der Waals surface area contributed by atoms with Gasteiger partial charge in [0.15, 0.2) is 0 Å². The molecule has 0 saturated carbocycles. The Labute approximate surface area is 104 Å². The van der Waals surface area contributed by atoms with Crippen LogP contribution in [0.4, 0.5) is 0 Å². The van der Waals surface area contributed by atoms with E-state index in [4.69, 9.17) is 0 Å². The molecule has 0 aliphatic heterocycles. The molecule has 0 fully saturated rings. The van der Waals surface area contributed by atoms with Gasteiger partial charge in [-0.25, -0.2) is 0 Å². The quantitative estimate of drug-likeness (QED) is 0.559. The molecular weight excluding hydrogens is 192 g/mol. The van der Waals surface area contributed by atoms with E-state index in [1.807, 2.05) is 0 Å². The van der Waals surface area contributed by atoms with Gasteiger partial charge < -0.3 is 0 Å². The number of hydrogen-bond acceptors (Lipinski definition) is 0. The Balaban J connectivity index is 4.26. The van der Waals surface area contributed by atoms with E-state index < -0.39 is 0 Å². The van der Waals surface area contributed by atoms with Crippen LogP contribution >= 0.6 is 0 Å². The first-order chi connectivity index (χ1) is 6.81. The van der Waals surface area contributed by atoms with Crippen LogP contribution < -0.4 is 0 Å². The molecule has 1 atom stereocenters. The van der Waals surface area contributed by atoms with Gasteiger partial charge in [0.05, 0.1) is 0 Å². The van der Waals surface area contributed by atoms with E-state index in [0.29, 0.717) is 16.2 Å². The van der Waals surface area contributed by atoms with Crippen molar-refractivity contribution >= 4 is 0 Å². The van der Waals surface area contributed by atoms with E-state index in [2.05, 4.69) is 62.3 Å². The van der Waals surface area contributed by atoms with E-state index in [9.17, 15) is 0 Å². The molecule has 0 bridgehead atoms. The summed E-state index contributed by atoms with van der Waals surface area (Å²) in [4.78, 5) is 0. The lowest BCUT2D eigenvalue weighted by Gasteiger charge is -2.36. The second-order valence-electron chi connectivity index (χ2n) is 8.98. The fraction of sp³-hybridized carbons (Fsp3) is 1.00. The van der Waals surface area contributed by atoms with Gasteiger partial charge in [-0.15, -0.1) is 0 Å². The second kappa shape index (κ2) is 5.10. The van der Waals surface area contributed by atoms with Crippen molar-refractivity contribution in [1.82, 2.24) is 0 Å². The molecule has 0 rings (SSSR count). The minimum absolute atomic E-state index is 0.449. The Morgan fingerprint density at radius 1 is 0.688 bits per heavy atom. The van der Waals surface area contributed by atoms with E-state index in [1.54, 1.807) is 0 Å². The second-order valence-corrected chi connectivity index (χ2v) is 8.98. The van der Waals surface area contributed by atoms with Crippen LogP contribution in [0.1, 0.15) is 81.6 Å². The molecule has 16 heavy (non-hydrogen) atoms. The lowest BCUT2D eigenvalue weighted by atomic mass is 9.70. The predicted octanol–water partition coefficient (Wildman–Crippen LogP) is 5.91. The lowest BCUT2D eigenvalue weighted by Crippen LogP contribution is -2.24. The van der Waals surface area contributed by atoms with Crippen molar-refractivity contribution < 1.29 is 0 Å². The molecule has 0 aromatic rings. The van der Waals surface area contributed by atoms with Crippen LogP contribution in [-0.2, 0) is 0 Å². The third-order valence-corrected chi connectivity index (χ3v) is 2.87. The molecule has 0 saturated heterocycles. The van der Waals surface area contributed by atoms with Crippen molar-refractivity contribution in [3.05, 3.63) is 0 Å². The Bertz CT molecular complexity index is 197. The predicted molar refractivity (Wildman–Crippen MR) is 75.7 cm³/mol. The molecule has 0 aromatic heterocycles. The fourth-order valence-corrected chi connectivity index (χ4v) is 3.57. The molecule has 0 N–H and O–H groups in total. The summed E-state index contributed by atoms with van der Waals surface area (Å²) in [6.07, 6.45) is 4.00. The SMILES string of the molecule is CC(CC(C)(C)C)CC(C)(C)CC(C)(C)C. The summed E-state index contributed by atoms with van der Waals surface area (Å²) >= 11 is 0. The van der Waals surface area contributed by atoms with Crippen molar-refractivity contribution in [2.45, 2.75) is 81.6 Å². The molecule has 0 spiro atoms. The third kappa shape index (κ3) is 9.24. The Hall–Kier alpha value is 0. The highest BCUT2D eigenvalue weighted by atomic mass is 14.3. The van der Waals surface area contributed by atoms with Crippen molar-refractivity contribution in [2.24, 2.45) is 22.2 Å². The molecule has 98 valence electrons. The van der Waals surface area contributed by atoms with Gasteiger partial charge in [0.1, 0.15) is 0 Å². The highest BCUT2D eigenvalue weighted by Crippen LogP contribution is 2.40. The molecule has 1 unspecified atom stereocenters. The van der Waals surface area contributed by atoms with Gasteiger partial charge in [-0.05, 0) is 41.4 Å². The third-order valence-electron chi connectivity index (χ3n) is 2.87. The molecule has 0 nitrogen and oxygen atoms in total. The summed E-state index contributed by atoms with van der Waals surface area (Å²) < 4.78 is 0. The van der Waals surface area contributed by atoms with E-state index >= 15 is 0 Å². The van der Waals surface area contributed by atoms with Crippen molar-refractivity contribution in [1.29, 1.82) is 0 Å². The van der Waals surface area contributed by atoms with Crippen molar-refractivity contribution in [3.8, 4) is 0 Å². The maximum absolute atomic E-state index is 2.43. The van der Waals surface area contributed by atoms with E-state index in [-0.39, 0.29) is 0 Å². The molecule has 0 heteroatoms. The first kappa shape index (κ1) is 16.0. The van der Waals surface area contributed by atoms with Crippen LogP contribution in [0.25, 0.3) is 0 Å². The van der Waals surface area contributed by atoms with Gasteiger partial charge in [0, 0.05) is 0 Å². The van der Waals surface area contributed by atoms with E-state index in [1.165, 1.54) is 19.3 Å². The molecule has 0 radical (unpaired) electrons. The van der Waals surface area contributed by atoms with Crippen molar-refractivity contribution in [2.75, 3.05) is 0 Å². The minimum atomic E-state index is 0.449. The molecule has 0 aliphatic carbocycles. The maximum Gasteiger partial charge on any atom is -0.0347 e. The molecule has 0 aliphatic rings. The summed E-state index contributed by atoms with van der Waals surface area (Å²) in [5.41, 5.74) is 1.39. The monoisotopic (exact) mass is 226 g/mol. The maximum atomic E-state index is 2.43. The smallest absolute Gasteiger partial charge is 0.0347 e. The highest BCUT2D eigenvalue weighted by molar-refractivity contribution is 4.79. The van der Waals surface area contributed by atoms with Crippen LogP contribution in [-0.4, -0.2) is 0 Å². The Morgan fingerprint density at radius 2 is 1.12 bits per heavy atom. The largest absolute Gasteiger partial charge is 0.0625 e. The van der Waals surface area contributed by atoms with Crippen LogP contribution in [0.3, 0.4) is 0 Å². The molecule has 0 heterocycles. The highest BCUT2D eigenvalue weighted by Gasteiger charge is 2.28. The Morgan fingerprint density at radius 3 is 1.44 bits per heavy atom.